The zero-order chi connectivity index (χ0) is 22.2. The molecular weight excluding hydrogens is 418 g/mol. The number of anilines is 3. The number of nitrogens with one attached hydrogen (secondary N) is 4. The zero-order valence-corrected chi connectivity index (χ0v) is 18.8. The first-order chi connectivity index (χ1) is 16.2. The van der Waals surface area contributed by atoms with Crippen molar-refractivity contribution in [2.45, 2.75) is 50.5 Å². The van der Waals surface area contributed by atoms with Crippen LogP contribution in [0.2, 0.25) is 0 Å². The molecule has 1 amide bonds. The number of H-pyrrole nitrogens is 1. The lowest BCUT2D eigenvalue weighted by atomic mass is 9.99. The van der Waals surface area contributed by atoms with Crippen LogP contribution in [0, 0.1) is 5.92 Å². The zero-order valence-electron chi connectivity index (χ0n) is 18.8. The van der Waals surface area contributed by atoms with Gasteiger partial charge in [-0.1, -0.05) is 0 Å². The fraction of sp³-hybridized carbons (Fsp3) is 0.565. The highest BCUT2D eigenvalue weighted by molar-refractivity contribution is 5.85. The molecule has 0 radical (unpaired) electrons. The third-order valence-corrected chi connectivity index (χ3v) is 7.02. The van der Waals surface area contributed by atoms with Crippen molar-refractivity contribution >= 4 is 29.0 Å². The maximum atomic E-state index is 13.1. The number of amides is 1. The number of carbonyl (C=O) groups excluding carboxylic acids is 1. The number of carbonyl (C=O) groups is 1. The second kappa shape index (κ2) is 8.66. The molecule has 0 bridgehead atoms. The topological polar surface area (TPSA) is 115 Å². The van der Waals surface area contributed by atoms with Gasteiger partial charge in [-0.25, -0.2) is 4.52 Å². The van der Waals surface area contributed by atoms with E-state index in [4.69, 9.17) is 10.1 Å². The molecule has 3 fully saturated rings. The highest BCUT2D eigenvalue weighted by Crippen LogP contribution is 2.39. The molecule has 4 N–H and O–H groups in total. The molecule has 3 aromatic rings. The van der Waals surface area contributed by atoms with Crippen molar-refractivity contribution in [1.82, 2.24) is 35.4 Å². The summed E-state index contributed by atoms with van der Waals surface area (Å²) in [6.45, 7) is 3.55. The number of rotatable bonds is 7. The predicted octanol–water partition coefficient (Wildman–Crippen LogP) is 2.16. The smallest absolute Gasteiger partial charge is 0.246 e. The molecule has 0 spiro atoms. The van der Waals surface area contributed by atoms with Crippen LogP contribution >= 0.6 is 0 Å². The quantitative estimate of drug-likeness (QED) is 0.437. The minimum Gasteiger partial charge on any atom is -0.354 e. The Morgan fingerprint density at radius 2 is 2.15 bits per heavy atom. The minimum absolute atomic E-state index is 0.0742. The fourth-order valence-electron chi connectivity index (χ4n) is 5.00. The van der Waals surface area contributed by atoms with Crippen LogP contribution < -0.4 is 20.9 Å². The molecule has 0 aromatic carbocycles. The maximum absolute atomic E-state index is 13.1. The average Bonchev–Trinajstić information content (AvgIpc) is 3.22. The van der Waals surface area contributed by atoms with Crippen molar-refractivity contribution in [3.05, 3.63) is 30.1 Å². The molecule has 2 atom stereocenters. The van der Waals surface area contributed by atoms with Crippen molar-refractivity contribution in [3.8, 4) is 0 Å². The lowest BCUT2D eigenvalue weighted by Crippen LogP contribution is -2.47. The van der Waals surface area contributed by atoms with Crippen LogP contribution in [0.25, 0.3) is 5.52 Å². The monoisotopic (exact) mass is 449 g/mol. The molecular formula is C23H31N9O. The molecule has 33 heavy (non-hydrogen) atoms. The van der Waals surface area contributed by atoms with Crippen LogP contribution in [0.3, 0.4) is 0 Å². The van der Waals surface area contributed by atoms with Gasteiger partial charge in [0.2, 0.25) is 11.9 Å². The number of hydrogen-bond donors (Lipinski definition) is 4. The van der Waals surface area contributed by atoms with Gasteiger partial charge in [0.05, 0.1) is 0 Å². The van der Waals surface area contributed by atoms with Crippen LogP contribution in [0.1, 0.15) is 50.1 Å². The Bertz CT molecular complexity index is 1130. The summed E-state index contributed by atoms with van der Waals surface area (Å²) in [5.41, 5.74) is 2.04. The highest BCUT2D eigenvalue weighted by atomic mass is 16.2. The summed E-state index contributed by atoms with van der Waals surface area (Å²) in [4.78, 5) is 20.0. The van der Waals surface area contributed by atoms with E-state index in [0.29, 0.717) is 23.6 Å². The first-order valence-electron chi connectivity index (χ1n) is 12.2. The second-order valence-corrected chi connectivity index (χ2v) is 9.52. The third-order valence-electron chi connectivity index (χ3n) is 7.02. The summed E-state index contributed by atoms with van der Waals surface area (Å²) in [7, 11) is 0. The molecule has 10 nitrogen and oxygen atoms in total. The van der Waals surface area contributed by atoms with E-state index < -0.39 is 0 Å². The van der Waals surface area contributed by atoms with E-state index >= 15 is 0 Å². The lowest BCUT2D eigenvalue weighted by Gasteiger charge is -2.27. The summed E-state index contributed by atoms with van der Waals surface area (Å²) >= 11 is 0. The van der Waals surface area contributed by atoms with Gasteiger partial charge < -0.3 is 20.9 Å². The number of nitrogens with zero attached hydrogens (tertiary/aromatic N) is 5. The molecule has 2 saturated heterocycles. The molecule has 3 aliphatic rings. The molecule has 174 valence electrons. The summed E-state index contributed by atoms with van der Waals surface area (Å²) in [6.07, 6.45) is 8.45. The molecule has 6 rings (SSSR count). The van der Waals surface area contributed by atoms with Crippen LogP contribution in [0.4, 0.5) is 17.6 Å². The van der Waals surface area contributed by atoms with Crippen molar-refractivity contribution < 1.29 is 4.79 Å². The van der Waals surface area contributed by atoms with Crippen LogP contribution in [0.5, 0.6) is 0 Å². The van der Waals surface area contributed by atoms with Gasteiger partial charge >= 0.3 is 0 Å². The number of piperidine rings is 1. The maximum Gasteiger partial charge on any atom is 0.246 e. The Morgan fingerprint density at radius 1 is 1.21 bits per heavy atom. The molecule has 3 aromatic heterocycles. The first kappa shape index (κ1) is 20.5. The first-order valence-corrected chi connectivity index (χ1v) is 12.2. The SMILES string of the molecule is O=C(NC[C@@H]1CCCNC1)C1CCCN1c1nc(Nc2cc(C3CC3)[nH]n2)c2cccn2n1. The summed E-state index contributed by atoms with van der Waals surface area (Å²) in [5, 5.41) is 22.2. The van der Waals surface area contributed by atoms with Gasteiger partial charge in [0.25, 0.3) is 0 Å². The van der Waals surface area contributed by atoms with Crippen molar-refractivity contribution in [1.29, 1.82) is 0 Å². The Kier molecular flexibility index (Phi) is 5.37. The second-order valence-electron chi connectivity index (χ2n) is 9.52. The predicted molar refractivity (Wildman–Crippen MR) is 126 cm³/mol. The normalized spacial score (nSPS) is 23.2. The van der Waals surface area contributed by atoms with E-state index in [1.54, 1.807) is 0 Å². The van der Waals surface area contributed by atoms with E-state index in [0.717, 1.165) is 50.4 Å². The summed E-state index contributed by atoms with van der Waals surface area (Å²) in [5.74, 6) is 3.20. The van der Waals surface area contributed by atoms with Crippen molar-refractivity contribution in [3.63, 3.8) is 0 Å². The van der Waals surface area contributed by atoms with Gasteiger partial charge in [-0.2, -0.15) is 10.1 Å². The average molecular weight is 450 g/mol. The standard InChI is InChI=1S/C23H31N9O/c33-22(25-14-15-4-1-9-24-13-15)19-6-2-10-31(19)23-27-21(18-5-3-11-32(18)30-23)26-20-12-17(28-29-20)16-7-8-16/h3,5,11-12,15-16,19,24H,1-2,4,6-10,13-14H2,(H,25,33)(H2,26,27,28,29,30)/t15-,19?/m1/s1. The molecule has 1 aliphatic carbocycles. The minimum atomic E-state index is -0.241. The molecule has 2 aliphatic heterocycles. The van der Waals surface area contributed by atoms with Gasteiger partial charge in [0, 0.05) is 37.0 Å². The largest absolute Gasteiger partial charge is 0.354 e. The Morgan fingerprint density at radius 3 is 3.00 bits per heavy atom. The fourth-order valence-corrected chi connectivity index (χ4v) is 5.00. The number of aromatic amines is 1. The van der Waals surface area contributed by atoms with E-state index in [2.05, 4.69) is 32.2 Å². The third kappa shape index (κ3) is 4.27. The number of hydrogen-bond acceptors (Lipinski definition) is 7. The van der Waals surface area contributed by atoms with Crippen molar-refractivity contribution in [2.75, 3.05) is 36.4 Å². The van der Waals surface area contributed by atoms with E-state index in [1.807, 2.05) is 27.7 Å². The van der Waals surface area contributed by atoms with Crippen molar-refractivity contribution in [2.24, 2.45) is 5.92 Å². The van der Waals surface area contributed by atoms with Gasteiger partial charge in [-0.3, -0.25) is 9.89 Å². The van der Waals surface area contributed by atoms with Gasteiger partial charge in [0.1, 0.15) is 11.6 Å². The Hall–Kier alpha value is -3.14. The number of fused-ring (bicyclic) bond motifs is 1. The van der Waals surface area contributed by atoms with Gasteiger partial charge in [-0.15, -0.1) is 5.10 Å². The van der Waals surface area contributed by atoms with E-state index in [1.165, 1.54) is 31.4 Å². The summed E-state index contributed by atoms with van der Waals surface area (Å²) in [6, 6.07) is 5.75. The van der Waals surface area contributed by atoms with E-state index in [9.17, 15) is 4.79 Å². The van der Waals surface area contributed by atoms with Crippen LogP contribution in [0.15, 0.2) is 24.4 Å². The van der Waals surface area contributed by atoms with Gasteiger partial charge in [0.15, 0.2) is 11.6 Å². The van der Waals surface area contributed by atoms with Crippen LogP contribution in [-0.2, 0) is 4.79 Å². The summed E-state index contributed by atoms with van der Waals surface area (Å²) < 4.78 is 1.82. The molecule has 10 heteroatoms. The lowest BCUT2D eigenvalue weighted by molar-refractivity contribution is -0.122. The number of aromatic nitrogens is 5. The Labute approximate surface area is 192 Å². The Balaban J connectivity index is 1.21. The molecule has 1 unspecified atom stereocenters. The molecule has 1 saturated carbocycles. The van der Waals surface area contributed by atoms with E-state index in [-0.39, 0.29) is 11.9 Å². The highest BCUT2D eigenvalue weighted by Gasteiger charge is 2.33. The van der Waals surface area contributed by atoms with Gasteiger partial charge in [-0.05, 0) is 69.7 Å². The molecule has 5 heterocycles. The van der Waals surface area contributed by atoms with Crippen LogP contribution in [-0.4, -0.2) is 62.9 Å².